The van der Waals surface area contributed by atoms with E-state index in [0.717, 1.165) is 5.56 Å². The second-order valence-corrected chi connectivity index (χ2v) is 5.91. The van der Waals surface area contributed by atoms with Gasteiger partial charge in [-0.2, -0.15) is 0 Å². The molecule has 0 bridgehead atoms. The van der Waals surface area contributed by atoms with E-state index < -0.39 is 10.0 Å². The average Bonchev–Trinajstić information content (AvgIpc) is 2.20. The molecule has 0 aliphatic rings. The second kappa shape index (κ2) is 5.50. The summed E-state index contributed by atoms with van der Waals surface area (Å²) in [5.74, 6) is 0.272. The van der Waals surface area contributed by atoms with Crippen LogP contribution in [0.1, 0.15) is 12.5 Å². The molecule has 6 heteroatoms. The zero-order valence-corrected chi connectivity index (χ0v) is 10.8. The Morgan fingerprint density at radius 1 is 1.56 bits per heavy atom. The van der Waals surface area contributed by atoms with Gasteiger partial charge in [0, 0.05) is 12.1 Å². The number of halogens is 1. The summed E-state index contributed by atoms with van der Waals surface area (Å²) >= 11 is 5.59. The minimum Gasteiger partial charge on any atom is -0.282 e. The summed E-state index contributed by atoms with van der Waals surface area (Å²) < 4.78 is 26.0. The lowest BCUT2D eigenvalue weighted by Crippen LogP contribution is -2.22. The first kappa shape index (κ1) is 13.3. The van der Waals surface area contributed by atoms with Crippen molar-refractivity contribution in [1.29, 1.82) is 0 Å². The number of rotatable bonds is 5. The van der Waals surface area contributed by atoms with Crippen molar-refractivity contribution in [3.8, 4) is 0 Å². The number of sulfonamides is 1. The first-order chi connectivity index (χ1) is 7.44. The van der Waals surface area contributed by atoms with Gasteiger partial charge in [0.2, 0.25) is 10.0 Å². The zero-order chi connectivity index (χ0) is 12.2. The Labute approximate surface area is 101 Å². The van der Waals surface area contributed by atoms with Crippen molar-refractivity contribution in [2.24, 2.45) is 5.92 Å². The molecule has 0 amide bonds. The van der Waals surface area contributed by atoms with Gasteiger partial charge in [0.25, 0.3) is 0 Å². The zero-order valence-electron chi connectivity index (χ0n) is 9.27. The van der Waals surface area contributed by atoms with Gasteiger partial charge in [-0.05, 0) is 24.5 Å². The molecule has 4 nitrogen and oxygen atoms in total. The predicted molar refractivity (Wildman–Crippen MR) is 66.3 cm³/mol. The van der Waals surface area contributed by atoms with Crippen LogP contribution in [-0.4, -0.2) is 25.0 Å². The first-order valence-electron chi connectivity index (χ1n) is 4.91. The number of pyridine rings is 1. The van der Waals surface area contributed by atoms with E-state index >= 15 is 0 Å². The normalized spacial score (nSPS) is 13.4. The van der Waals surface area contributed by atoms with Gasteiger partial charge in [-0.3, -0.25) is 9.71 Å². The lowest BCUT2D eigenvalue weighted by molar-refractivity contribution is 0.588. The Hall–Kier alpha value is -0.810. The minimum absolute atomic E-state index is 0.0187. The van der Waals surface area contributed by atoms with Crippen LogP contribution in [0.3, 0.4) is 0 Å². The number of nitrogens with one attached hydrogen (secondary N) is 1. The van der Waals surface area contributed by atoms with Crippen LogP contribution >= 0.6 is 11.6 Å². The van der Waals surface area contributed by atoms with Crippen LogP contribution in [0.25, 0.3) is 0 Å². The molecule has 90 valence electrons. The molecule has 1 N–H and O–H groups in total. The van der Waals surface area contributed by atoms with Gasteiger partial charge in [-0.15, -0.1) is 11.6 Å². The Morgan fingerprint density at radius 3 is 2.81 bits per heavy atom. The van der Waals surface area contributed by atoms with Gasteiger partial charge in [0.1, 0.15) is 0 Å². The molecular formula is C10H15ClN2O2S. The van der Waals surface area contributed by atoms with Gasteiger partial charge in [0.15, 0.2) is 0 Å². The van der Waals surface area contributed by atoms with Crippen molar-refractivity contribution in [2.75, 3.05) is 16.4 Å². The number of nitrogens with zero attached hydrogens (tertiary/aromatic N) is 1. The highest BCUT2D eigenvalue weighted by atomic mass is 35.5. The largest absolute Gasteiger partial charge is 0.282 e. The monoisotopic (exact) mass is 262 g/mol. The fourth-order valence-corrected chi connectivity index (χ4v) is 2.94. The summed E-state index contributed by atoms with van der Waals surface area (Å²) in [5, 5.41) is 0. The molecule has 0 saturated heterocycles. The van der Waals surface area contributed by atoms with Crippen molar-refractivity contribution in [3.05, 3.63) is 24.0 Å². The molecule has 0 aliphatic carbocycles. The maximum atomic E-state index is 11.7. The number of anilines is 1. The molecule has 0 fully saturated rings. The lowest BCUT2D eigenvalue weighted by Gasteiger charge is -2.12. The summed E-state index contributed by atoms with van der Waals surface area (Å²) in [6.07, 6.45) is 3.12. The standard InChI is InChI=1S/C10H15ClN2O2S/c1-8(5-11)7-16(14,15)13-10-6-12-4-3-9(10)2/h3-4,6,8,13H,5,7H2,1-2H3. The van der Waals surface area contributed by atoms with E-state index in [1.807, 2.05) is 6.92 Å². The molecule has 1 aromatic rings. The van der Waals surface area contributed by atoms with Gasteiger partial charge < -0.3 is 0 Å². The van der Waals surface area contributed by atoms with Crippen LogP contribution in [0.4, 0.5) is 5.69 Å². The third-order valence-electron chi connectivity index (χ3n) is 2.07. The SMILES string of the molecule is Cc1ccncc1NS(=O)(=O)CC(C)CCl. The summed E-state index contributed by atoms with van der Waals surface area (Å²) in [5.41, 5.74) is 1.36. The molecule has 16 heavy (non-hydrogen) atoms. The van der Waals surface area contributed by atoms with Gasteiger partial charge >= 0.3 is 0 Å². The molecule has 0 saturated carbocycles. The van der Waals surface area contributed by atoms with Crippen molar-refractivity contribution in [1.82, 2.24) is 4.98 Å². The van der Waals surface area contributed by atoms with Crippen LogP contribution in [0.5, 0.6) is 0 Å². The van der Waals surface area contributed by atoms with E-state index in [-0.39, 0.29) is 11.7 Å². The number of aromatic nitrogens is 1. The van der Waals surface area contributed by atoms with Crippen LogP contribution in [0, 0.1) is 12.8 Å². The van der Waals surface area contributed by atoms with Crippen LogP contribution < -0.4 is 4.72 Å². The van der Waals surface area contributed by atoms with E-state index in [0.29, 0.717) is 11.6 Å². The Balaban J connectivity index is 2.77. The maximum absolute atomic E-state index is 11.7. The third-order valence-corrected chi connectivity index (χ3v) is 4.14. The summed E-state index contributed by atoms with van der Waals surface area (Å²) in [4.78, 5) is 3.88. The molecule has 1 unspecified atom stereocenters. The Kier molecular flexibility index (Phi) is 4.56. The molecule has 1 atom stereocenters. The fourth-order valence-electron chi connectivity index (χ4n) is 1.20. The number of hydrogen-bond donors (Lipinski definition) is 1. The molecule has 1 aromatic heterocycles. The molecular weight excluding hydrogens is 248 g/mol. The van der Waals surface area contributed by atoms with Crippen molar-refractivity contribution in [3.63, 3.8) is 0 Å². The average molecular weight is 263 g/mol. The van der Waals surface area contributed by atoms with E-state index in [4.69, 9.17) is 11.6 Å². The third kappa shape index (κ3) is 3.98. The van der Waals surface area contributed by atoms with Crippen LogP contribution in [-0.2, 0) is 10.0 Å². The molecule has 0 aromatic carbocycles. The summed E-state index contributed by atoms with van der Waals surface area (Å²) in [7, 11) is -3.34. The first-order valence-corrected chi connectivity index (χ1v) is 7.10. The van der Waals surface area contributed by atoms with E-state index in [1.54, 1.807) is 19.2 Å². The predicted octanol–water partition coefficient (Wildman–Crippen LogP) is 2.01. The Morgan fingerprint density at radius 2 is 2.25 bits per heavy atom. The maximum Gasteiger partial charge on any atom is 0.233 e. The highest BCUT2D eigenvalue weighted by Gasteiger charge is 2.15. The molecule has 1 rings (SSSR count). The van der Waals surface area contributed by atoms with Crippen LogP contribution in [0.15, 0.2) is 18.5 Å². The number of alkyl halides is 1. The summed E-state index contributed by atoms with van der Waals surface area (Å²) in [6.45, 7) is 3.62. The highest BCUT2D eigenvalue weighted by Crippen LogP contribution is 2.14. The highest BCUT2D eigenvalue weighted by molar-refractivity contribution is 7.92. The van der Waals surface area contributed by atoms with E-state index in [1.165, 1.54) is 6.20 Å². The second-order valence-electron chi connectivity index (χ2n) is 3.83. The topological polar surface area (TPSA) is 59.1 Å². The van der Waals surface area contributed by atoms with Crippen LogP contribution in [0.2, 0.25) is 0 Å². The van der Waals surface area contributed by atoms with Crippen molar-refractivity contribution < 1.29 is 8.42 Å². The molecule has 0 radical (unpaired) electrons. The molecule has 0 spiro atoms. The van der Waals surface area contributed by atoms with Gasteiger partial charge in [-0.25, -0.2) is 8.42 Å². The van der Waals surface area contributed by atoms with Gasteiger partial charge in [-0.1, -0.05) is 6.92 Å². The number of hydrogen-bond acceptors (Lipinski definition) is 3. The fraction of sp³-hybridized carbons (Fsp3) is 0.500. The smallest absolute Gasteiger partial charge is 0.233 e. The lowest BCUT2D eigenvalue weighted by atomic mass is 10.3. The van der Waals surface area contributed by atoms with Gasteiger partial charge in [0.05, 0.1) is 17.6 Å². The van der Waals surface area contributed by atoms with E-state index in [2.05, 4.69) is 9.71 Å². The van der Waals surface area contributed by atoms with Crippen molar-refractivity contribution >= 4 is 27.3 Å². The molecule has 0 aliphatic heterocycles. The number of aryl methyl sites for hydroxylation is 1. The molecule has 1 heterocycles. The van der Waals surface area contributed by atoms with Crippen molar-refractivity contribution in [2.45, 2.75) is 13.8 Å². The quantitative estimate of drug-likeness (QED) is 0.826. The van der Waals surface area contributed by atoms with E-state index in [9.17, 15) is 8.42 Å². The minimum atomic E-state index is -3.34. The Bertz CT molecular complexity index is 448. The summed E-state index contributed by atoms with van der Waals surface area (Å²) in [6, 6.07) is 1.75.